The first-order valence-electron chi connectivity index (χ1n) is 5.45. The van der Waals surface area contributed by atoms with Crippen molar-refractivity contribution < 1.29 is 0 Å². The van der Waals surface area contributed by atoms with E-state index in [1.54, 1.807) is 6.20 Å². The van der Waals surface area contributed by atoms with Gasteiger partial charge in [-0.3, -0.25) is 0 Å². The summed E-state index contributed by atoms with van der Waals surface area (Å²) in [6.07, 6.45) is 1.74. The van der Waals surface area contributed by atoms with Crippen LogP contribution in [0.3, 0.4) is 0 Å². The average Bonchev–Trinajstić information content (AvgIpc) is 2.37. The van der Waals surface area contributed by atoms with Crippen LogP contribution in [0.5, 0.6) is 0 Å². The van der Waals surface area contributed by atoms with Crippen molar-refractivity contribution in [2.24, 2.45) is 0 Å². The first-order valence-corrected chi connectivity index (χ1v) is 5.98. The number of aromatic nitrogens is 2. The summed E-state index contributed by atoms with van der Waals surface area (Å²) < 4.78 is 0. The van der Waals surface area contributed by atoms with Crippen LogP contribution >= 0.6 is 11.6 Å². The Balaban J connectivity index is 1.97. The first-order chi connectivity index (χ1) is 8.28. The second-order valence-electron chi connectivity index (χ2n) is 3.92. The smallest absolute Gasteiger partial charge is 0.149 e. The SMILES string of the molecule is Cc1cnnc(NCc2ccc(CCl)cc2)c1. The van der Waals surface area contributed by atoms with Gasteiger partial charge in [0.1, 0.15) is 5.82 Å². The van der Waals surface area contributed by atoms with Crippen molar-refractivity contribution >= 4 is 17.4 Å². The van der Waals surface area contributed by atoms with E-state index in [9.17, 15) is 0 Å². The van der Waals surface area contributed by atoms with Crippen molar-refractivity contribution in [3.8, 4) is 0 Å². The highest BCUT2D eigenvalue weighted by Crippen LogP contribution is 2.09. The molecule has 0 amide bonds. The zero-order valence-corrected chi connectivity index (χ0v) is 10.4. The number of aryl methyl sites for hydroxylation is 1. The minimum absolute atomic E-state index is 0.553. The number of rotatable bonds is 4. The lowest BCUT2D eigenvalue weighted by molar-refractivity contribution is 0.988. The second-order valence-corrected chi connectivity index (χ2v) is 4.19. The predicted octanol–water partition coefficient (Wildman–Crippen LogP) is 3.14. The number of halogens is 1. The Bertz CT molecular complexity index is 482. The first kappa shape index (κ1) is 11.9. The van der Waals surface area contributed by atoms with Crippen LogP contribution in [0.4, 0.5) is 5.82 Å². The van der Waals surface area contributed by atoms with Gasteiger partial charge in [0, 0.05) is 12.4 Å². The molecule has 1 N–H and O–H groups in total. The van der Waals surface area contributed by atoms with Crippen LogP contribution in [0.1, 0.15) is 16.7 Å². The third-order valence-corrected chi connectivity index (χ3v) is 2.75. The molecule has 0 bridgehead atoms. The van der Waals surface area contributed by atoms with Crippen LogP contribution in [-0.4, -0.2) is 10.2 Å². The summed E-state index contributed by atoms with van der Waals surface area (Å²) in [7, 11) is 0. The van der Waals surface area contributed by atoms with Gasteiger partial charge in [0.05, 0.1) is 6.20 Å². The van der Waals surface area contributed by atoms with E-state index in [-0.39, 0.29) is 0 Å². The number of nitrogens with one attached hydrogen (secondary N) is 1. The molecule has 0 unspecified atom stereocenters. The molecule has 4 heteroatoms. The largest absolute Gasteiger partial charge is 0.364 e. The number of hydrogen-bond acceptors (Lipinski definition) is 3. The van der Waals surface area contributed by atoms with Gasteiger partial charge in [0.2, 0.25) is 0 Å². The molecule has 17 heavy (non-hydrogen) atoms. The number of nitrogens with zero attached hydrogens (tertiary/aromatic N) is 2. The summed E-state index contributed by atoms with van der Waals surface area (Å²) in [6, 6.07) is 10.2. The van der Waals surface area contributed by atoms with Gasteiger partial charge in [-0.1, -0.05) is 24.3 Å². The zero-order valence-electron chi connectivity index (χ0n) is 9.65. The van der Waals surface area contributed by atoms with Crippen LogP contribution in [0.15, 0.2) is 36.5 Å². The summed E-state index contributed by atoms with van der Waals surface area (Å²) >= 11 is 5.74. The highest BCUT2D eigenvalue weighted by atomic mass is 35.5. The van der Waals surface area contributed by atoms with Crippen molar-refractivity contribution in [1.29, 1.82) is 0 Å². The molecular weight excluding hydrogens is 234 g/mol. The van der Waals surface area contributed by atoms with E-state index in [1.807, 2.05) is 25.1 Å². The molecule has 0 radical (unpaired) electrons. The van der Waals surface area contributed by atoms with Gasteiger partial charge in [-0.2, -0.15) is 5.10 Å². The number of alkyl halides is 1. The summed E-state index contributed by atoms with van der Waals surface area (Å²) in [4.78, 5) is 0. The van der Waals surface area contributed by atoms with E-state index < -0.39 is 0 Å². The van der Waals surface area contributed by atoms with Gasteiger partial charge in [0.25, 0.3) is 0 Å². The molecule has 0 atom stereocenters. The molecule has 0 aliphatic heterocycles. The van der Waals surface area contributed by atoms with Crippen molar-refractivity contribution in [2.45, 2.75) is 19.3 Å². The highest BCUT2D eigenvalue weighted by molar-refractivity contribution is 6.17. The van der Waals surface area contributed by atoms with Crippen molar-refractivity contribution in [3.05, 3.63) is 53.2 Å². The lowest BCUT2D eigenvalue weighted by Gasteiger charge is -2.06. The Morgan fingerprint density at radius 1 is 1.18 bits per heavy atom. The van der Waals surface area contributed by atoms with Gasteiger partial charge in [-0.15, -0.1) is 16.7 Å². The third kappa shape index (κ3) is 3.43. The monoisotopic (exact) mass is 247 g/mol. The quantitative estimate of drug-likeness (QED) is 0.844. The molecule has 2 rings (SSSR count). The summed E-state index contributed by atoms with van der Waals surface area (Å²) in [5, 5.41) is 11.1. The topological polar surface area (TPSA) is 37.8 Å². The predicted molar refractivity (Wildman–Crippen MR) is 70.1 cm³/mol. The molecule has 1 heterocycles. The number of benzene rings is 1. The number of hydrogen-bond donors (Lipinski definition) is 1. The minimum Gasteiger partial charge on any atom is -0.364 e. The molecule has 0 fully saturated rings. The molecular formula is C13H14ClN3. The molecule has 0 saturated carbocycles. The Hall–Kier alpha value is -1.61. The van der Waals surface area contributed by atoms with E-state index in [4.69, 9.17) is 11.6 Å². The fourth-order valence-corrected chi connectivity index (χ4v) is 1.67. The van der Waals surface area contributed by atoms with Gasteiger partial charge >= 0.3 is 0 Å². The van der Waals surface area contributed by atoms with Crippen LogP contribution in [0, 0.1) is 6.92 Å². The molecule has 88 valence electrons. The van der Waals surface area contributed by atoms with Crippen molar-refractivity contribution in [2.75, 3.05) is 5.32 Å². The molecule has 0 spiro atoms. The molecule has 1 aromatic heterocycles. The average molecular weight is 248 g/mol. The lowest BCUT2D eigenvalue weighted by Crippen LogP contribution is -2.02. The fourth-order valence-electron chi connectivity index (χ4n) is 1.49. The minimum atomic E-state index is 0.553. The molecule has 0 aliphatic carbocycles. The van der Waals surface area contributed by atoms with Crippen LogP contribution in [-0.2, 0) is 12.4 Å². The summed E-state index contributed by atoms with van der Waals surface area (Å²) in [5.41, 5.74) is 3.42. The molecule has 0 saturated heterocycles. The van der Waals surface area contributed by atoms with Gasteiger partial charge < -0.3 is 5.32 Å². The molecule has 3 nitrogen and oxygen atoms in total. The Kier molecular flexibility index (Phi) is 3.94. The van der Waals surface area contributed by atoms with Gasteiger partial charge in [-0.25, -0.2) is 0 Å². The maximum atomic E-state index is 5.74. The second kappa shape index (κ2) is 5.64. The van der Waals surface area contributed by atoms with E-state index in [1.165, 1.54) is 5.56 Å². The highest BCUT2D eigenvalue weighted by Gasteiger charge is 1.97. The standard InChI is InChI=1S/C13H14ClN3/c1-10-6-13(17-16-8-10)15-9-12-4-2-11(7-14)3-5-12/h2-6,8H,7,9H2,1H3,(H,15,17). The maximum Gasteiger partial charge on any atom is 0.149 e. The van der Waals surface area contributed by atoms with E-state index in [2.05, 4.69) is 27.6 Å². The molecule has 1 aromatic carbocycles. The normalized spacial score (nSPS) is 10.2. The molecule has 2 aromatic rings. The van der Waals surface area contributed by atoms with Crippen molar-refractivity contribution in [1.82, 2.24) is 10.2 Å². The fraction of sp³-hybridized carbons (Fsp3) is 0.231. The van der Waals surface area contributed by atoms with Crippen LogP contribution in [0.2, 0.25) is 0 Å². The van der Waals surface area contributed by atoms with E-state index >= 15 is 0 Å². The summed E-state index contributed by atoms with van der Waals surface area (Å²) in [5.74, 6) is 1.35. The Labute approximate surface area is 106 Å². The van der Waals surface area contributed by atoms with E-state index in [0.717, 1.165) is 23.5 Å². The molecule has 0 aliphatic rings. The van der Waals surface area contributed by atoms with Gasteiger partial charge in [-0.05, 0) is 29.7 Å². The Morgan fingerprint density at radius 3 is 2.53 bits per heavy atom. The summed E-state index contributed by atoms with van der Waals surface area (Å²) in [6.45, 7) is 2.73. The zero-order chi connectivity index (χ0) is 12.1. The number of anilines is 1. The van der Waals surface area contributed by atoms with Gasteiger partial charge in [0.15, 0.2) is 0 Å². The van der Waals surface area contributed by atoms with E-state index in [0.29, 0.717) is 5.88 Å². The van der Waals surface area contributed by atoms with Crippen LogP contribution in [0.25, 0.3) is 0 Å². The maximum absolute atomic E-state index is 5.74. The van der Waals surface area contributed by atoms with Crippen LogP contribution < -0.4 is 5.32 Å². The lowest BCUT2D eigenvalue weighted by atomic mass is 10.1. The third-order valence-electron chi connectivity index (χ3n) is 2.44. The Morgan fingerprint density at radius 2 is 1.88 bits per heavy atom. The van der Waals surface area contributed by atoms with Crippen molar-refractivity contribution in [3.63, 3.8) is 0 Å².